The van der Waals surface area contributed by atoms with Crippen LogP contribution in [-0.2, 0) is 17.6 Å². The molecule has 0 atom stereocenters. The molecular weight excluding hydrogens is 254 g/mol. The van der Waals surface area contributed by atoms with Crippen LogP contribution in [0.25, 0.3) is 10.4 Å². The lowest BCUT2D eigenvalue weighted by molar-refractivity contribution is -0.114. The van der Waals surface area contributed by atoms with Gasteiger partial charge in [0.2, 0.25) is 5.91 Å². The summed E-state index contributed by atoms with van der Waals surface area (Å²) in [6.45, 7) is 3.67. The summed E-state index contributed by atoms with van der Waals surface area (Å²) in [5, 5.41) is 5.10. The molecule has 2 nitrogen and oxygen atoms in total. The number of fused-ring (bicyclic) bond motifs is 3. The second kappa shape index (κ2) is 4.82. The number of thiophene rings is 1. The van der Waals surface area contributed by atoms with Crippen LogP contribution in [0.2, 0.25) is 0 Å². The molecule has 3 rings (SSSR count). The predicted octanol–water partition coefficient (Wildman–Crippen LogP) is 4.17. The van der Waals surface area contributed by atoms with Gasteiger partial charge in [0.05, 0.1) is 0 Å². The average Bonchev–Trinajstić information content (AvgIpc) is 2.73. The van der Waals surface area contributed by atoms with Crippen molar-refractivity contribution in [2.45, 2.75) is 33.1 Å². The number of nitrogens with one attached hydrogen (secondary N) is 1. The van der Waals surface area contributed by atoms with Crippen molar-refractivity contribution in [3.63, 3.8) is 0 Å². The van der Waals surface area contributed by atoms with Crippen molar-refractivity contribution >= 4 is 22.9 Å². The van der Waals surface area contributed by atoms with Gasteiger partial charge in [-0.2, -0.15) is 0 Å². The third kappa shape index (κ3) is 2.19. The molecule has 1 heterocycles. The van der Waals surface area contributed by atoms with E-state index in [1.807, 2.05) is 17.4 Å². The van der Waals surface area contributed by atoms with E-state index in [0.717, 1.165) is 18.5 Å². The maximum absolute atomic E-state index is 11.3. The molecule has 1 aliphatic rings. The topological polar surface area (TPSA) is 29.1 Å². The Morgan fingerprint density at radius 2 is 2.00 bits per heavy atom. The molecule has 0 saturated heterocycles. The molecule has 0 spiro atoms. The van der Waals surface area contributed by atoms with Crippen molar-refractivity contribution in [3.8, 4) is 10.4 Å². The highest BCUT2D eigenvalue weighted by molar-refractivity contribution is 7.13. The minimum atomic E-state index is -0.0110. The molecule has 19 heavy (non-hydrogen) atoms. The van der Waals surface area contributed by atoms with Gasteiger partial charge in [-0.25, -0.2) is 0 Å². The first-order chi connectivity index (χ1) is 9.16. The summed E-state index contributed by atoms with van der Waals surface area (Å²) in [7, 11) is 0. The lowest BCUT2D eigenvalue weighted by Crippen LogP contribution is -2.08. The molecule has 1 N–H and O–H groups in total. The summed E-state index contributed by atoms with van der Waals surface area (Å²) < 4.78 is 0. The summed E-state index contributed by atoms with van der Waals surface area (Å²) in [5.74, 6) is -0.0110. The van der Waals surface area contributed by atoms with Gasteiger partial charge in [-0.1, -0.05) is 6.07 Å². The van der Waals surface area contributed by atoms with Crippen molar-refractivity contribution in [3.05, 3.63) is 40.3 Å². The zero-order valence-corrected chi connectivity index (χ0v) is 12.1. The molecule has 0 fully saturated rings. The van der Waals surface area contributed by atoms with E-state index < -0.39 is 0 Å². The Kier molecular flexibility index (Phi) is 3.15. The number of benzene rings is 1. The Hall–Kier alpha value is -1.61. The number of aryl methyl sites for hydroxylation is 2. The van der Waals surface area contributed by atoms with E-state index in [1.54, 1.807) is 6.92 Å². The van der Waals surface area contributed by atoms with Gasteiger partial charge >= 0.3 is 0 Å². The van der Waals surface area contributed by atoms with Gasteiger partial charge in [0, 0.05) is 23.1 Å². The number of hydrogen-bond donors (Lipinski definition) is 1. The summed E-state index contributed by atoms with van der Waals surface area (Å²) in [6.07, 6.45) is 3.48. The zero-order valence-electron chi connectivity index (χ0n) is 11.2. The SMILES string of the molecule is CC(=O)Nc1ccc2c(c1C)-c1sccc1CCC2. The molecule has 0 unspecified atom stereocenters. The number of rotatable bonds is 1. The first-order valence-electron chi connectivity index (χ1n) is 6.63. The van der Waals surface area contributed by atoms with Crippen LogP contribution in [0.3, 0.4) is 0 Å². The lowest BCUT2D eigenvalue weighted by Gasteiger charge is -2.14. The zero-order chi connectivity index (χ0) is 13.4. The average molecular weight is 271 g/mol. The Morgan fingerprint density at radius 1 is 1.21 bits per heavy atom. The minimum Gasteiger partial charge on any atom is -0.326 e. The number of amides is 1. The molecule has 1 aromatic carbocycles. The Morgan fingerprint density at radius 3 is 2.79 bits per heavy atom. The third-order valence-electron chi connectivity index (χ3n) is 3.73. The molecular formula is C16H17NOS. The number of carbonyl (C=O) groups excluding carboxylic acids is 1. The van der Waals surface area contributed by atoms with E-state index in [0.29, 0.717) is 0 Å². The quantitative estimate of drug-likeness (QED) is 0.828. The highest BCUT2D eigenvalue weighted by Crippen LogP contribution is 2.40. The van der Waals surface area contributed by atoms with Gasteiger partial charge in [0.25, 0.3) is 0 Å². The van der Waals surface area contributed by atoms with Crippen LogP contribution in [0, 0.1) is 6.92 Å². The molecule has 0 bridgehead atoms. The number of hydrogen-bond acceptors (Lipinski definition) is 2. The maximum atomic E-state index is 11.3. The van der Waals surface area contributed by atoms with Crippen molar-refractivity contribution in [1.29, 1.82) is 0 Å². The smallest absolute Gasteiger partial charge is 0.221 e. The van der Waals surface area contributed by atoms with E-state index in [1.165, 1.54) is 33.6 Å². The molecule has 0 aliphatic heterocycles. The monoisotopic (exact) mass is 271 g/mol. The molecule has 0 saturated carbocycles. The molecule has 1 amide bonds. The molecule has 98 valence electrons. The summed E-state index contributed by atoms with van der Waals surface area (Å²) in [4.78, 5) is 12.7. The lowest BCUT2D eigenvalue weighted by atomic mass is 9.97. The highest BCUT2D eigenvalue weighted by atomic mass is 32.1. The van der Waals surface area contributed by atoms with Gasteiger partial charge < -0.3 is 5.32 Å². The summed E-state index contributed by atoms with van der Waals surface area (Å²) >= 11 is 1.81. The van der Waals surface area contributed by atoms with Gasteiger partial charge in [-0.3, -0.25) is 4.79 Å². The molecule has 2 aromatic rings. The Bertz CT molecular complexity index is 642. The van der Waals surface area contributed by atoms with Crippen LogP contribution in [0.1, 0.15) is 30.0 Å². The second-order valence-corrected chi connectivity index (χ2v) is 6.00. The molecule has 1 aliphatic carbocycles. The number of carbonyl (C=O) groups is 1. The summed E-state index contributed by atoms with van der Waals surface area (Å²) in [5.41, 5.74) is 6.33. The van der Waals surface area contributed by atoms with E-state index in [9.17, 15) is 4.79 Å². The van der Waals surface area contributed by atoms with Crippen LogP contribution >= 0.6 is 11.3 Å². The minimum absolute atomic E-state index is 0.0110. The standard InChI is InChI=1S/C16H17NOS/c1-10-14(17-11(2)18)7-6-12-4-3-5-13-8-9-19-16(13)15(10)12/h6-9H,3-5H2,1-2H3,(H,17,18). The van der Waals surface area contributed by atoms with Crippen molar-refractivity contribution in [1.82, 2.24) is 0 Å². The maximum Gasteiger partial charge on any atom is 0.221 e. The van der Waals surface area contributed by atoms with Crippen molar-refractivity contribution < 1.29 is 4.79 Å². The van der Waals surface area contributed by atoms with Crippen LogP contribution in [-0.4, -0.2) is 5.91 Å². The first-order valence-corrected chi connectivity index (χ1v) is 7.51. The van der Waals surface area contributed by atoms with Crippen LogP contribution in [0.4, 0.5) is 5.69 Å². The first kappa shape index (κ1) is 12.4. The normalized spacial score (nSPS) is 13.4. The van der Waals surface area contributed by atoms with E-state index in [4.69, 9.17) is 0 Å². The summed E-state index contributed by atoms with van der Waals surface area (Å²) in [6, 6.07) is 6.44. The van der Waals surface area contributed by atoms with Crippen molar-refractivity contribution in [2.75, 3.05) is 5.32 Å². The highest BCUT2D eigenvalue weighted by Gasteiger charge is 2.19. The fourth-order valence-electron chi connectivity index (χ4n) is 2.84. The number of anilines is 1. The molecule has 3 heteroatoms. The van der Waals surface area contributed by atoms with E-state index in [-0.39, 0.29) is 5.91 Å². The van der Waals surface area contributed by atoms with E-state index >= 15 is 0 Å². The fourth-order valence-corrected chi connectivity index (χ4v) is 3.93. The largest absolute Gasteiger partial charge is 0.326 e. The predicted molar refractivity (Wildman–Crippen MR) is 80.8 cm³/mol. The van der Waals surface area contributed by atoms with Crippen LogP contribution < -0.4 is 5.32 Å². The van der Waals surface area contributed by atoms with Crippen LogP contribution in [0.5, 0.6) is 0 Å². The van der Waals surface area contributed by atoms with Crippen molar-refractivity contribution in [2.24, 2.45) is 0 Å². The van der Waals surface area contributed by atoms with Crippen LogP contribution in [0.15, 0.2) is 23.6 Å². The fraction of sp³-hybridized carbons (Fsp3) is 0.312. The molecule has 1 aromatic heterocycles. The van der Waals surface area contributed by atoms with E-state index in [2.05, 4.69) is 29.8 Å². The van der Waals surface area contributed by atoms with Gasteiger partial charge in [0.1, 0.15) is 0 Å². The van der Waals surface area contributed by atoms with Gasteiger partial charge in [-0.05, 0) is 60.4 Å². The van der Waals surface area contributed by atoms with Gasteiger partial charge in [-0.15, -0.1) is 11.3 Å². The Labute approximate surface area is 117 Å². The Balaban J connectivity index is 2.19. The third-order valence-corrected chi connectivity index (χ3v) is 4.70. The second-order valence-electron chi connectivity index (χ2n) is 5.08. The molecule has 0 radical (unpaired) electrons. The van der Waals surface area contributed by atoms with Gasteiger partial charge in [0.15, 0.2) is 0 Å².